The van der Waals surface area contributed by atoms with E-state index in [4.69, 9.17) is 4.42 Å². The predicted molar refractivity (Wildman–Crippen MR) is 116 cm³/mol. The van der Waals surface area contributed by atoms with Crippen LogP contribution in [0.3, 0.4) is 0 Å². The zero-order valence-corrected chi connectivity index (χ0v) is 18.0. The third-order valence-corrected chi connectivity index (χ3v) is 7.71. The van der Waals surface area contributed by atoms with E-state index in [-0.39, 0.29) is 5.89 Å². The molecule has 0 aliphatic carbocycles. The normalized spacial score (nSPS) is 15.3. The van der Waals surface area contributed by atoms with E-state index in [1.54, 1.807) is 29.2 Å². The van der Waals surface area contributed by atoms with Gasteiger partial charge in [-0.2, -0.15) is 15.6 Å². The number of aromatic nitrogens is 4. The van der Waals surface area contributed by atoms with Crippen LogP contribution in [0.2, 0.25) is 0 Å². The van der Waals surface area contributed by atoms with Gasteiger partial charge in [0.2, 0.25) is 15.9 Å². The van der Waals surface area contributed by atoms with Gasteiger partial charge in [0.25, 0.3) is 5.89 Å². The van der Waals surface area contributed by atoms with Gasteiger partial charge in [0.1, 0.15) is 11.5 Å². The summed E-state index contributed by atoms with van der Waals surface area (Å²) in [6, 6.07) is 11.1. The van der Waals surface area contributed by atoms with E-state index in [1.807, 2.05) is 35.2 Å². The molecular weight excluding hydrogens is 436 g/mol. The SMILES string of the molecule is O=S(=O)(c1ccsc1)N1CCN(c2cncc(-c3nnc(-c4ccccc4)o3)n2)CC1. The third kappa shape index (κ3) is 3.94. The summed E-state index contributed by atoms with van der Waals surface area (Å²) in [5, 5.41) is 11.6. The second-order valence-corrected chi connectivity index (χ2v) is 9.61. The molecule has 31 heavy (non-hydrogen) atoms. The summed E-state index contributed by atoms with van der Waals surface area (Å²) in [4.78, 5) is 11.2. The standard InChI is InChI=1S/C20H18N6O3S2/c27-31(28,16-6-11-30-14-16)26-9-7-25(8-10-26)18-13-21-12-17(22-18)20-24-23-19(29-20)15-4-2-1-3-5-15/h1-6,11-14H,7-10H2. The molecule has 0 radical (unpaired) electrons. The largest absolute Gasteiger partial charge is 0.415 e. The van der Waals surface area contributed by atoms with Crippen molar-refractivity contribution in [1.82, 2.24) is 24.5 Å². The number of piperazine rings is 1. The number of anilines is 1. The van der Waals surface area contributed by atoms with Crippen molar-refractivity contribution in [3.8, 4) is 23.0 Å². The first kappa shape index (κ1) is 19.8. The molecule has 0 unspecified atom stereocenters. The highest BCUT2D eigenvalue weighted by Gasteiger charge is 2.29. The maximum atomic E-state index is 12.7. The molecule has 0 N–H and O–H groups in total. The Kier molecular flexibility index (Phi) is 5.22. The molecule has 0 bridgehead atoms. The fourth-order valence-electron chi connectivity index (χ4n) is 3.34. The zero-order chi connectivity index (χ0) is 21.3. The van der Waals surface area contributed by atoms with Gasteiger partial charge in [-0.15, -0.1) is 10.2 Å². The van der Waals surface area contributed by atoms with Crippen molar-refractivity contribution in [3.05, 3.63) is 59.6 Å². The first-order valence-corrected chi connectivity index (χ1v) is 12.0. The highest BCUT2D eigenvalue weighted by Crippen LogP contribution is 2.25. The topological polar surface area (TPSA) is 105 Å². The van der Waals surface area contributed by atoms with Crippen LogP contribution in [0.25, 0.3) is 23.0 Å². The Bertz CT molecular complexity index is 1270. The first-order chi connectivity index (χ1) is 15.1. The van der Waals surface area contributed by atoms with Crippen molar-refractivity contribution in [2.45, 2.75) is 4.90 Å². The van der Waals surface area contributed by atoms with Crippen LogP contribution in [0.5, 0.6) is 0 Å². The summed E-state index contributed by atoms with van der Waals surface area (Å²) in [6.45, 7) is 1.78. The van der Waals surface area contributed by atoms with Gasteiger partial charge in [-0.1, -0.05) is 18.2 Å². The Morgan fingerprint density at radius 3 is 2.45 bits per heavy atom. The second-order valence-electron chi connectivity index (χ2n) is 6.89. The van der Waals surface area contributed by atoms with Crippen molar-refractivity contribution in [3.63, 3.8) is 0 Å². The lowest BCUT2D eigenvalue weighted by Crippen LogP contribution is -2.48. The van der Waals surface area contributed by atoms with Crippen LogP contribution < -0.4 is 4.90 Å². The van der Waals surface area contributed by atoms with Gasteiger partial charge in [-0.25, -0.2) is 13.4 Å². The highest BCUT2D eigenvalue weighted by atomic mass is 32.2. The van der Waals surface area contributed by atoms with Crippen LogP contribution in [-0.4, -0.2) is 59.1 Å². The lowest BCUT2D eigenvalue weighted by atomic mass is 10.2. The molecule has 11 heteroatoms. The number of benzene rings is 1. The second kappa shape index (κ2) is 8.17. The maximum Gasteiger partial charge on any atom is 0.268 e. The average molecular weight is 455 g/mol. The molecule has 0 saturated carbocycles. The Balaban J connectivity index is 1.31. The van der Waals surface area contributed by atoms with Crippen molar-refractivity contribution >= 4 is 27.2 Å². The highest BCUT2D eigenvalue weighted by molar-refractivity contribution is 7.89. The number of nitrogens with zero attached hydrogens (tertiary/aromatic N) is 6. The van der Waals surface area contributed by atoms with Crippen molar-refractivity contribution in [2.24, 2.45) is 0 Å². The zero-order valence-electron chi connectivity index (χ0n) is 16.3. The van der Waals surface area contributed by atoms with Gasteiger partial charge in [-0.05, 0) is 23.6 Å². The maximum absolute atomic E-state index is 12.7. The molecule has 1 aliphatic heterocycles. The first-order valence-electron chi connectivity index (χ1n) is 9.60. The third-order valence-electron chi connectivity index (χ3n) is 4.98. The van der Waals surface area contributed by atoms with Gasteiger partial charge in [0, 0.05) is 37.1 Å². The molecule has 1 aliphatic rings. The van der Waals surface area contributed by atoms with Gasteiger partial charge in [-0.3, -0.25) is 4.98 Å². The van der Waals surface area contributed by atoms with Crippen LogP contribution >= 0.6 is 11.3 Å². The van der Waals surface area contributed by atoms with Crippen LogP contribution in [0.15, 0.2) is 68.9 Å². The molecule has 3 aromatic heterocycles. The molecule has 1 aromatic carbocycles. The van der Waals surface area contributed by atoms with E-state index in [0.29, 0.717) is 48.5 Å². The molecule has 4 aromatic rings. The summed E-state index contributed by atoms with van der Waals surface area (Å²) < 4.78 is 32.7. The van der Waals surface area contributed by atoms with E-state index in [0.717, 1.165) is 5.56 Å². The van der Waals surface area contributed by atoms with Crippen molar-refractivity contribution in [2.75, 3.05) is 31.1 Å². The Labute approximate surface area is 183 Å². The molecule has 5 rings (SSSR count). The quantitative estimate of drug-likeness (QED) is 0.453. The summed E-state index contributed by atoms with van der Waals surface area (Å²) >= 11 is 1.37. The fourth-order valence-corrected chi connectivity index (χ4v) is 5.78. The Morgan fingerprint density at radius 1 is 0.935 bits per heavy atom. The van der Waals surface area contributed by atoms with E-state index in [9.17, 15) is 8.42 Å². The van der Waals surface area contributed by atoms with Gasteiger partial charge >= 0.3 is 0 Å². The molecule has 158 valence electrons. The number of hydrogen-bond donors (Lipinski definition) is 0. The van der Waals surface area contributed by atoms with E-state index < -0.39 is 10.0 Å². The molecule has 1 saturated heterocycles. The molecule has 1 fully saturated rings. The van der Waals surface area contributed by atoms with Gasteiger partial charge < -0.3 is 9.32 Å². The van der Waals surface area contributed by atoms with Crippen LogP contribution in [0.4, 0.5) is 5.82 Å². The van der Waals surface area contributed by atoms with Gasteiger partial charge in [0.05, 0.1) is 17.3 Å². The molecule has 0 spiro atoms. The van der Waals surface area contributed by atoms with Gasteiger partial charge in [0.15, 0.2) is 0 Å². The van der Waals surface area contributed by atoms with Crippen molar-refractivity contribution in [1.29, 1.82) is 0 Å². The minimum Gasteiger partial charge on any atom is -0.415 e. The molecule has 0 amide bonds. The van der Waals surface area contributed by atoms with E-state index >= 15 is 0 Å². The lowest BCUT2D eigenvalue weighted by molar-refractivity contribution is 0.384. The smallest absolute Gasteiger partial charge is 0.268 e. The number of hydrogen-bond acceptors (Lipinski definition) is 9. The minimum atomic E-state index is -3.45. The van der Waals surface area contributed by atoms with Crippen LogP contribution in [0, 0.1) is 0 Å². The van der Waals surface area contributed by atoms with Crippen LogP contribution in [0.1, 0.15) is 0 Å². The lowest BCUT2D eigenvalue weighted by Gasteiger charge is -2.34. The summed E-state index contributed by atoms with van der Waals surface area (Å²) in [5.41, 5.74) is 1.30. The van der Waals surface area contributed by atoms with Crippen LogP contribution in [-0.2, 0) is 10.0 Å². The number of sulfonamides is 1. The number of rotatable bonds is 5. The fraction of sp³-hybridized carbons (Fsp3) is 0.200. The average Bonchev–Trinajstić information content (AvgIpc) is 3.53. The van der Waals surface area contributed by atoms with E-state index in [2.05, 4.69) is 20.2 Å². The monoisotopic (exact) mass is 454 g/mol. The van der Waals surface area contributed by atoms with Crippen molar-refractivity contribution < 1.29 is 12.8 Å². The predicted octanol–water partition coefficient (Wildman–Crippen LogP) is 2.77. The number of thiophene rings is 1. The molecule has 0 atom stereocenters. The Hall–Kier alpha value is -3.15. The molecular formula is C20H18N6O3S2. The summed E-state index contributed by atoms with van der Waals surface area (Å²) in [5.74, 6) is 1.34. The minimum absolute atomic E-state index is 0.284. The summed E-state index contributed by atoms with van der Waals surface area (Å²) in [6.07, 6.45) is 3.23. The molecule has 9 nitrogen and oxygen atoms in total. The Morgan fingerprint density at radius 2 is 1.71 bits per heavy atom. The summed E-state index contributed by atoms with van der Waals surface area (Å²) in [7, 11) is -3.45. The molecule has 4 heterocycles. The van der Waals surface area contributed by atoms with E-state index in [1.165, 1.54) is 15.6 Å².